The topological polar surface area (TPSA) is 60.2 Å². The first-order chi connectivity index (χ1) is 7.40. The molecule has 1 aromatic carbocycles. The molecule has 0 spiro atoms. The van der Waals surface area contributed by atoms with E-state index in [0.29, 0.717) is 6.42 Å². The van der Waals surface area contributed by atoms with Crippen LogP contribution in [0.25, 0.3) is 0 Å². The number of aryl methyl sites for hydroxylation is 1. The van der Waals surface area contributed by atoms with Gasteiger partial charge in [-0.1, -0.05) is 31.2 Å². The molecule has 0 radical (unpaired) electrons. The zero-order valence-corrected chi connectivity index (χ0v) is 10.6. The molecule has 16 heavy (non-hydrogen) atoms. The maximum Gasteiger partial charge on any atom is 0.148 e. The average molecular weight is 241 g/mol. The minimum Gasteiger partial charge on any atom is -0.326 e. The predicted molar refractivity (Wildman–Crippen MR) is 67.2 cm³/mol. The van der Waals surface area contributed by atoms with E-state index in [1.807, 2.05) is 12.1 Å². The molecule has 0 bridgehead atoms. The highest BCUT2D eigenvalue weighted by molar-refractivity contribution is 7.90. The molecule has 1 atom stereocenters. The second kappa shape index (κ2) is 5.46. The molecule has 0 aliphatic carbocycles. The molecular weight excluding hydrogens is 222 g/mol. The fourth-order valence-electron chi connectivity index (χ4n) is 1.66. The summed E-state index contributed by atoms with van der Waals surface area (Å²) in [4.78, 5) is 0. The first-order valence-corrected chi connectivity index (χ1v) is 7.48. The monoisotopic (exact) mass is 241 g/mol. The highest BCUT2D eigenvalue weighted by Crippen LogP contribution is 2.07. The molecule has 0 saturated heterocycles. The van der Waals surface area contributed by atoms with Crippen LogP contribution in [0, 0.1) is 0 Å². The summed E-state index contributed by atoms with van der Waals surface area (Å²) >= 11 is 0. The molecular formula is C12H19NO2S. The maximum atomic E-state index is 11.1. The van der Waals surface area contributed by atoms with E-state index >= 15 is 0 Å². The summed E-state index contributed by atoms with van der Waals surface area (Å²) in [5, 5.41) is 0. The van der Waals surface area contributed by atoms with Gasteiger partial charge in [-0.2, -0.15) is 0 Å². The van der Waals surface area contributed by atoms with Crippen molar-refractivity contribution in [3.8, 4) is 0 Å². The van der Waals surface area contributed by atoms with Crippen LogP contribution < -0.4 is 5.73 Å². The van der Waals surface area contributed by atoms with Crippen molar-refractivity contribution in [1.82, 2.24) is 0 Å². The third kappa shape index (κ3) is 4.77. The summed E-state index contributed by atoms with van der Waals surface area (Å²) in [5.41, 5.74) is 8.15. The zero-order chi connectivity index (χ0) is 12.2. The second-order valence-corrected chi connectivity index (χ2v) is 6.41. The van der Waals surface area contributed by atoms with E-state index in [2.05, 4.69) is 19.1 Å². The molecule has 0 fully saturated rings. The normalized spacial score (nSPS) is 13.7. The average Bonchev–Trinajstić information content (AvgIpc) is 2.16. The van der Waals surface area contributed by atoms with Gasteiger partial charge < -0.3 is 5.73 Å². The molecule has 4 heteroatoms. The fraction of sp³-hybridized carbons (Fsp3) is 0.500. The van der Waals surface area contributed by atoms with Crippen LogP contribution in [0.3, 0.4) is 0 Å². The van der Waals surface area contributed by atoms with Crippen molar-refractivity contribution in [3.63, 3.8) is 0 Å². The molecule has 0 aliphatic rings. The van der Waals surface area contributed by atoms with Crippen LogP contribution in [-0.2, 0) is 22.7 Å². The lowest BCUT2D eigenvalue weighted by Crippen LogP contribution is -2.31. The summed E-state index contributed by atoms with van der Waals surface area (Å²) < 4.78 is 22.1. The number of benzene rings is 1. The molecule has 0 aromatic heterocycles. The van der Waals surface area contributed by atoms with Crippen LogP contribution in [0.15, 0.2) is 24.3 Å². The van der Waals surface area contributed by atoms with Gasteiger partial charge in [0.1, 0.15) is 9.84 Å². The van der Waals surface area contributed by atoms with E-state index in [0.717, 1.165) is 12.0 Å². The number of sulfone groups is 1. The lowest BCUT2D eigenvalue weighted by molar-refractivity contribution is 0.591. The second-order valence-electron chi connectivity index (χ2n) is 4.23. The van der Waals surface area contributed by atoms with Crippen molar-refractivity contribution in [2.45, 2.75) is 25.8 Å². The van der Waals surface area contributed by atoms with Gasteiger partial charge in [-0.3, -0.25) is 0 Å². The quantitative estimate of drug-likeness (QED) is 0.841. The van der Waals surface area contributed by atoms with Gasteiger partial charge in [0, 0.05) is 12.3 Å². The SMILES string of the molecule is CCc1ccc(CC(N)CS(C)(=O)=O)cc1. The van der Waals surface area contributed by atoms with Crippen molar-refractivity contribution in [1.29, 1.82) is 0 Å². The molecule has 0 saturated carbocycles. The summed E-state index contributed by atoms with van der Waals surface area (Å²) in [6, 6.07) is 7.83. The van der Waals surface area contributed by atoms with Crippen molar-refractivity contribution in [2.24, 2.45) is 5.73 Å². The lowest BCUT2D eigenvalue weighted by atomic mass is 10.0. The van der Waals surface area contributed by atoms with Crippen LogP contribution >= 0.6 is 0 Å². The van der Waals surface area contributed by atoms with E-state index in [9.17, 15) is 8.42 Å². The first kappa shape index (κ1) is 13.2. The van der Waals surface area contributed by atoms with Gasteiger partial charge in [0.25, 0.3) is 0 Å². The van der Waals surface area contributed by atoms with Gasteiger partial charge in [0.2, 0.25) is 0 Å². The van der Waals surface area contributed by atoms with Crippen LogP contribution in [0.4, 0.5) is 0 Å². The van der Waals surface area contributed by atoms with Crippen LogP contribution in [0.2, 0.25) is 0 Å². The first-order valence-electron chi connectivity index (χ1n) is 5.42. The number of rotatable bonds is 5. The number of nitrogens with two attached hydrogens (primary N) is 1. The van der Waals surface area contributed by atoms with E-state index in [1.54, 1.807) is 0 Å². The Kier molecular flexibility index (Phi) is 4.50. The van der Waals surface area contributed by atoms with Gasteiger partial charge in [0.15, 0.2) is 0 Å². The highest BCUT2D eigenvalue weighted by atomic mass is 32.2. The van der Waals surface area contributed by atoms with Crippen molar-refractivity contribution < 1.29 is 8.42 Å². The smallest absolute Gasteiger partial charge is 0.148 e. The Hall–Kier alpha value is -0.870. The van der Waals surface area contributed by atoms with Crippen LogP contribution in [-0.4, -0.2) is 26.5 Å². The number of hydrogen-bond acceptors (Lipinski definition) is 3. The number of hydrogen-bond donors (Lipinski definition) is 1. The molecule has 0 amide bonds. The third-order valence-electron chi connectivity index (χ3n) is 2.45. The minimum absolute atomic E-state index is 0.0442. The summed E-state index contributed by atoms with van der Waals surface area (Å²) in [6.07, 6.45) is 2.83. The van der Waals surface area contributed by atoms with Gasteiger partial charge >= 0.3 is 0 Å². The van der Waals surface area contributed by atoms with E-state index < -0.39 is 9.84 Å². The highest BCUT2D eigenvalue weighted by Gasteiger charge is 2.11. The zero-order valence-electron chi connectivity index (χ0n) is 9.81. The Bertz CT molecular complexity index is 423. The molecule has 2 N–H and O–H groups in total. The maximum absolute atomic E-state index is 11.1. The van der Waals surface area contributed by atoms with Gasteiger partial charge in [-0.15, -0.1) is 0 Å². The van der Waals surface area contributed by atoms with Crippen LogP contribution in [0.1, 0.15) is 18.1 Å². The van der Waals surface area contributed by atoms with Gasteiger partial charge in [-0.25, -0.2) is 8.42 Å². The Morgan fingerprint density at radius 3 is 2.12 bits per heavy atom. The minimum atomic E-state index is -2.98. The van der Waals surface area contributed by atoms with Crippen molar-refractivity contribution in [2.75, 3.05) is 12.0 Å². The van der Waals surface area contributed by atoms with Gasteiger partial charge in [-0.05, 0) is 24.0 Å². The Balaban J connectivity index is 2.59. The Morgan fingerprint density at radius 2 is 1.69 bits per heavy atom. The Morgan fingerprint density at radius 1 is 1.19 bits per heavy atom. The summed E-state index contributed by atoms with van der Waals surface area (Å²) in [7, 11) is -2.98. The molecule has 0 aliphatic heterocycles. The van der Waals surface area contributed by atoms with E-state index in [4.69, 9.17) is 5.73 Å². The Labute approximate surface area is 97.6 Å². The van der Waals surface area contributed by atoms with Crippen LogP contribution in [0.5, 0.6) is 0 Å². The summed E-state index contributed by atoms with van der Waals surface area (Å²) in [5.74, 6) is 0.0442. The molecule has 3 nitrogen and oxygen atoms in total. The molecule has 0 heterocycles. The van der Waals surface area contributed by atoms with Crippen molar-refractivity contribution >= 4 is 9.84 Å². The van der Waals surface area contributed by atoms with Gasteiger partial charge in [0.05, 0.1) is 5.75 Å². The lowest BCUT2D eigenvalue weighted by Gasteiger charge is -2.10. The van der Waals surface area contributed by atoms with Crippen molar-refractivity contribution in [3.05, 3.63) is 35.4 Å². The van der Waals surface area contributed by atoms with E-state index in [1.165, 1.54) is 11.8 Å². The molecule has 90 valence electrons. The third-order valence-corrected chi connectivity index (χ3v) is 3.48. The fourth-order valence-corrected chi connectivity index (χ4v) is 2.56. The summed E-state index contributed by atoms with van der Waals surface area (Å²) in [6.45, 7) is 2.10. The molecule has 1 unspecified atom stereocenters. The largest absolute Gasteiger partial charge is 0.326 e. The predicted octanol–water partition coefficient (Wildman–Crippen LogP) is 1.16. The standard InChI is InChI=1S/C12H19NO2S/c1-3-10-4-6-11(7-5-10)8-12(13)9-16(2,14)15/h4-7,12H,3,8-9,13H2,1-2H3. The molecule has 1 aromatic rings. The molecule has 1 rings (SSSR count). The van der Waals surface area contributed by atoms with E-state index in [-0.39, 0.29) is 11.8 Å².